The molecule has 0 saturated carbocycles. The molecule has 1 heterocycles. The second-order valence-electron chi connectivity index (χ2n) is 6.68. The van der Waals surface area contributed by atoms with Crippen molar-refractivity contribution in [2.75, 3.05) is 26.2 Å². The summed E-state index contributed by atoms with van der Waals surface area (Å²) in [5, 5.41) is 11.0. The van der Waals surface area contributed by atoms with Gasteiger partial charge in [0.05, 0.1) is 15.5 Å². The molecule has 0 spiro atoms. The second-order valence-corrected chi connectivity index (χ2v) is 7.09. The quantitative estimate of drug-likeness (QED) is 0.590. The third-order valence-electron chi connectivity index (χ3n) is 3.61. The van der Waals surface area contributed by atoms with E-state index in [9.17, 15) is 19.7 Å². The Morgan fingerprint density at radius 1 is 1.16 bits per heavy atom. The first-order valence-electron chi connectivity index (χ1n) is 7.79. The van der Waals surface area contributed by atoms with E-state index in [-0.39, 0.29) is 16.3 Å². The van der Waals surface area contributed by atoms with Gasteiger partial charge in [0.25, 0.3) is 11.6 Å². The van der Waals surface area contributed by atoms with Crippen LogP contribution in [0, 0.1) is 10.1 Å². The van der Waals surface area contributed by atoms with Gasteiger partial charge in [0, 0.05) is 38.3 Å². The topological polar surface area (TPSA) is 93.0 Å². The Bertz CT molecular complexity index is 694. The van der Waals surface area contributed by atoms with Crippen LogP contribution in [0.15, 0.2) is 18.2 Å². The van der Waals surface area contributed by atoms with Crippen LogP contribution >= 0.6 is 11.6 Å². The number of hydrogen-bond donors (Lipinski definition) is 0. The summed E-state index contributed by atoms with van der Waals surface area (Å²) in [4.78, 5) is 38.0. The van der Waals surface area contributed by atoms with Crippen molar-refractivity contribution in [2.45, 2.75) is 26.4 Å². The number of carbonyl (C=O) groups is 2. The van der Waals surface area contributed by atoms with Gasteiger partial charge in [-0.2, -0.15) is 0 Å². The van der Waals surface area contributed by atoms with Crippen molar-refractivity contribution in [2.24, 2.45) is 0 Å². The first kappa shape index (κ1) is 19.0. The molecule has 0 bridgehead atoms. The predicted molar refractivity (Wildman–Crippen MR) is 91.8 cm³/mol. The van der Waals surface area contributed by atoms with Crippen molar-refractivity contribution in [3.8, 4) is 0 Å². The third-order valence-corrected chi connectivity index (χ3v) is 3.94. The Balaban J connectivity index is 2.03. The van der Waals surface area contributed by atoms with E-state index in [4.69, 9.17) is 16.3 Å². The molecule has 0 unspecified atom stereocenters. The molecule has 25 heavy (non-hydrogen) atoms. The number of nitrogens with zero attached hydrogens (tertiary/aromatic N) is 3. The summed E-state index contributed by atoms with van der Waals surface area (Å²) in [6.45, 7) is 6.62. The summed E-state index contributed by atoms with van der Waals surface area (Å²) < 4.78 is 5.31. The number of piperazine rings is 1. The molecule has 136 valence electrons. The van der Waals surface area contributed by atoms with Crippen molar-refractivity contribution in [3.63, 3.8) is 0 Å². The summed E-state index contributed by atoms with van der Waals surface area (Å²) in [6.07, 6.45) is -0.423. The summed E-state index contributed by atoms with van der Waals surface area (Å²) >= 11 is 6.01. The van der Waals surface area contributed by atoms with E-state index < -0.39 is 22.5 Å². The van der Waals surface area contributed by atoms with Crippen molar-refractivity contribution in [3.05, 3.63) is 38.9 Å². The monoisotopic (exact) mass is 369 g/mol. The minimum Gasteiger partial charge on any atom is -0.444 e. The molecule has 0 aliphatic carbocycles. The lowest BCUT2D eigenvalue weighted by Gasteiger charge is -2.35. The number of halogens is 1. The van der Waals surface area contributed by atoms with Crippen LogP contribution in [-0.2, 0) is 4.74 Å². The summed E-state index contributed by atoms with van der Waals surface area (Å²) in [5.74, 6) is -0.391. The average Bonchev–Trinajstić information content (AvgIpc) is 2.53. The molecule has 1 aromatic carbocycles. The largest absolute Gasteiger partial charge is 0.444 e. The van der Waals surface area contributed by atoms with Gasteiger partial charge in [-0.05, 0) is 26.8 Å². The summed E-state index contributed by atoms with van der Waals surface area (Å²) in [5.41, 5.74) is -0.692. The Morgan fingerprint density at radius 3 is 2.24 bits per heavy atom. The molecule has 2 rings (SSSR count). The van der Waals surface area contributed by atoms with E-state index in [2.05, 4.69) is 0 Å². The molecule has 8 nitrogen and oxygen atoms in total. The zero-order valence-corrected chi connectivity index (χ0v) is 15.1. The lowest BCUT2D eigenvalue weighted by atomic mass is 10.1. The molecule has 9 heteroatoms. The number of carbonyl (C=O) groups excluding carboxylic acids is 2. The van der Waals surface area contributed by atoms with Crippen molar-refractivity contribution in [1.29, 1.82) is 0 Å². The van der Waals surface area contributed by atoms with Crippen molar-refractivity contribution >= 4 is 29.3 Å². The summed E-state index contributed by atoms with van der Waals surface area (Å²) in [7, 11) is 0. The van der Waals surface area contributed by atoms with Gasteiger partial charge in [0.2, 0.25) is 0 Å². The highest BCUT2D eigenvalue weighted by molar-refractivity contribution is 6.33. The molecule has 1 aromatic rings. The van der Waals surface area contributed by atoms with Crippen LogP contribution in [0.2, 0.25) is 5.02 Å². The average molecular weight is 370 g/mol. The van der Waals surface area contributed by atoms with Gasteiger partial charge in [0.1, 0.15) is 5.60 Å². The molecule has 0 atom stereocenters. The molecule has 1 aliphatic heterocycles. The zero-order valence-electron chi connectivity index (χ0n) is 14.3. The maximum Gasteiger partial charge on any atom is 0.410 e. The molecular formula is C16H20ClN3O5. The van der Waals surface area contributed by atoms with Gasteiger partial charge >= 0.3 is 6.09 Å². The number of nitro benzene ring substituents is 1. The second kappa shape index (κ2) is 7.26. The molecule has 0 N–H and O–H groups in total. The maximum absolute atomic E-state index is 12.6. The number of benzene rings is 1. The smallest absolute Gasteiger partial charge is 0.410 e. The van der Waals surface area contributed by atoms with Gasteiger partial charge in [0.15, 0.2) is 0 Å². The Kier molecular flexibility index (Phi) is 5.52. The summed E-state index contributed by atoms with van der Waals surface area (Å²) in [6, 6.07) is 3.76. The first-order chi connectivity index (χ1) is 11.6. The van der Waals surface area contributed by atoms with Crippen LogP contribution in [0.4, 0.5) is 10.5 Å². The van der Waals surface area contributed by atoms with Gasteiger partial charge in [-0.3, -0.25) is 14.9 Å². The van der Waals surface area contributed by atoms with Gasteiger partial charge in [-0.15, -0.1) is 0 Å². The number of ether oxygens (including phenoxy) is 1. The fourth-order valence-corrected chi connectivity index (χ4v) is 2.58. The Hall–Kier alpha value is -2.35. The van der Waals surface area contributed by atoms with Gasteiger partial charge in [-0.1, -0.05) is 11.6 Å². The third kappa shape index (κ3) is 4.82. The van der Waals surface area contributed by atoms with Crippen LogP contribution in [0.3, 0.4) is 0 Å². The van der Waals surface area contributed by atoms with Crippen LogP contribution in [-0.4, -0.2) is 58.5 Å². The van der Waals surface area contributed by atoms with E-state index in [1.807, 2.05) is 0 Å². The Morgan fingerprint density at radius 2 is 1.72 bits per heavy atom. The first-order valence-corrected chi connectivity index (χ1v) is 8.17. The number of rotatable bonds is 2. The standard InChI is InChI=1S/C16H20ClN3O5/c1-16(2,3)25-15(22)19-8-6-18(7-9-19)14(21)12-10-11(20(23)24)4-5-13(12)17/h4-5,10H,6-9H2,1-3H3. The number of hydrogen-bond acceptors (Lipinski definition) is 5. The number of nitro groups is 1. The van der Waals surface area contributed by atoms with Gasteiger partial charge in [-0.25, -0.2) is 4.79 Å². The highest BCUT2D eigenvalue weighted by Gasteiger charge is 2.29. The molecular weight excluding hydrogens is 350 g/mol. The van der Waals surface area contributed by atoms with E-state index in [0.717, 1.165) is 0 Å². The molecule has 1 aliphatic rings. The van der Waals surface area contributed by atoms with Crippen LogP contribution in [0.1, 0.15) is 31.1 Å². The maximum atomic E-state index is 12.6. The van der Waals surface area contributed by atoms with Crippen molar-refractivity contribution < 1.29 is 19.2 Å². The minimum absolute atomic E-state index is 0.0848. The SMILES string of the molecule is CC(C)(C)OC(=O)N1CCN(C(=O)c2cc([N+](=O)[O-])ccc2Cl)CC1. The van der Waals surface area contributed by atoms with Crippen molar-refractivity contribution in [1.82, 2.24) is 9.80 Å². The molecule has 0 aromatic heterocycles. The Labute approximate surface area is 150 Å². The molecule has 1 fully saturated rings. The molecule has 0 radical (unpaired) electrons. The van der Waals surface area contributed by atoms with E-state index in [1.54, 1.807) is 20.8 Å². The lowest BCUT2D eigenvalue weighted by Crippen LogP contribution is -2.51. The van der Waals surface area contributed by atoms with E-state index >= 15 is 0 Å². The predicted octanol–water partition coefficient (Wildman–Crippen LogP) is 2.94. The van der Waals surface area contributed by atoms with Crippen LogP contribution in [0.5, 0.6) is 0 Å². The van der Waals surface area contributed by atoms with Crippen LogP contribution < -0.4 is 0 Å². The molecule has 2 amide bonds. The van der Waals surface area contributed by atoms with E-state index in [1.165, 1.54) is 28.0 Å². The highest BCUT2D eigenvalue weighted by Crippen LogP contribution is 2.24. The fraction of sp³-hybridized carbons (Fsp3) is 0.500. The van der Waals surface area contributed by atoms with Crippen LogP contribution in [0.25, 0.3) is 0 Å². The normalized spacial score (nSPS) is 15.0. The van der Waals surface area contributed by atoms with E-state index in [0.29, 0.717) is 26.2 Å². The number of non-ortho nitro benzene ring substituents is 1. The fourth-order valence-electron chi connectivity index (χ4n) is 2.38. The van der Waals surface area contributed by atoms with Gasteiger partial charge < -0.3 is 14.5 Å². The zero-order chi connectivity index (χ0) is 18.8. The highest BCUT2D eigenvalue weighted by atomic mass is 35.5. The minimum atomic E-state index is -0.583. The molecule has 1 saturated heterocycles. The lowest BCUT2D eigenvalue weighted by molar-refractivity contribution is -0.384. The number of amides is 2.